The Bertz CT molecular complexity index is 542. The number of nitrogens with one attached hydrogen (secondary N) is 2. The fraction of sp³-hybridized carbons (Fsp3) is 0.438. The summed E-state index contributed by atoms with van der Waals surface area (Å²) in [4.78, 5) is 34.5. The maximum atomic E-state index is 11.8. The molecule has 0 unspecified atom stereocenters. The van der Waals surface area contributed by atoms with E-state index in [1.165, 1.54) is 7.11 Å². The van der Waals surface area contributed by atoms with Crippen molar-refractivity contribution in [1.82, 2.24) is 10.9 Å². The van der Waals surface area contributed by atoms with Crippen LogP contribution in [-0.2, 0) is 9.59 Å². The molecule has 0 fully saturated rings. The molecule has 0 bridgehead atoms. The maximum absolute atomic E-state index is 11.8. The molecular formula is C16H22N2O5. The van der Waals surface area contributed by atoms with Crippen LogP contribution in [0.4, 0.5) is 0 Å². The highest BCUT2D eigenvalue weighted by Gasteiger charge is 2.17. The molecule has 1 atom stereocenters. The van der Waals surface area contributed by atoms with Gasteiger partial charge in [0.1, 0.15) is 5.75 Å². The highest BCUT2D eigenvalue weighted by molar-refractivity contribution is 5.95. The number of methoxy groups -OCH3 is 1. The normalized spacial score (nSPS) is 11.4. The maximum Gasteiger partial charge on any atom is 0.306 e. The Kier molecular flexibility index (Phi) is 7.59. The van der Waals surface area contributed by atoms with Gasteiger partial charge in [0.25, 0.3) is 5.91 Å². The summed E-state index contributed by atoms with van der Waals surface area (Å²) < 4.78 is 4.99. The summed E-state index contributed by atoms with van der Waals surface area (Å²) >= 11 is 0. The molecule has 1 aromatic carbocycles. The second-order valence-electron chi connectivity index (χ2n) is 5.09. The number of carbonyl (C=O) groups is 3. The van der Waals surface area contributed by atoms with E-state index in [2.05, 4.69) is 10.9 Å². The number of aliphatic carboxylic acids is 1. The zero-order chi connectivity index (χ0) is 17.2. The molecule has 0 spiro atoms. The van der Waals surface area contributed by atoms with Crippen LogP contribution in [0.25, 0.3) is 0 Å². The van der Waals surface area contributed by atoms with Crippen LogP contribution in [-0.4, -0.2) is 30.0 Å². The van der Waals surface area contributed by atoms with Gasteiger partial charge in [0, 0.05) is 12.0 Å². The van der Waals surface area contributed by atoms with Crippen LogP contribution in [0.15, 0.2) is 24.3 Å². The lowest BCUT2D eigenvalue weighted by molar-refractivity contribution is -0.142. The Balaban J connectivity index is 2.39. The van der Waals surface area contributed by atoms with Crippen LogP contribution in [0.1, 0.15) is 43.0 Å². The first-order chi connectivity index (χ1) is 11.0. The lowest BCUT2D eigenvalue weighted by atomic mass is 9.98. The fourth-order valence-corrected chi connectivity index (χ4v) is 2.05. The van der Waals surface area contributed by atoms with Crippen LogP contribution in [0.2, 0.25) is 0 Å². The van der Waals surface area contributed by atoms with Crippen molar-refractivity contribution in [2.45, 2.75) is 32.6 Å². The lowest BCUT2D eigenvalue weighted by Gasteiger charge is -2.11. The van der Waals surface area contributed by atoms with Gasteiger partial charge in [-0.05, 0) is 37.1 Å². The molecular weight excluding hydrogens is 300 g/mol. The Morgan fingerprint density at radius 1 is 1.13 bits per heavy atom. The standard InChI is InChI=1S/C16H22N2O5/c1-3-4-12(16(21)22)7-10-14(19)17-18-15(20)11-5-8-13(23-2)9-6-11/h5-6,8-9,12H,3-4,7,10H2,1-2H3,(H,17,19)(H,18,20)(H,21,22)/t12-/m0/s1. The van der Waals surface area contributed by atoms with E-state index in [4.69, 9.17) is 9.84 Å². The Labute approximate surface area is 135 Å². The lowest BCUT2D eigenvalue weighted by Crippen LogP contribution is -2.41. The number of hydrogen-bond acceptors (Lipinski definition) is 4. The molecule has 0 aliphatic carbocycles. The van der Waals surface area contributed by atoms with E-state index >= 15 is 0 Å². The van der Waals surface area contributed by atoms with Crippen molar-refractivity contribution < 1.29 is 24.2 Å². The van der Waals surface area contributed by atoms with Gasteiger partial charge in [0.15, 0.2) is 0 Å². The molecule has 23 heavy (non-hydrogen) atoms. The van der Waals surface area contributed by atoms with Crippen molar-refractivity contribution in [3.63, 3.8) is 0 Å². The summed E-state index contributed by atoms with van der Waals surface area (Å²) in [5, 5.41) is 9.02. The van der Waals surface area contributed by atoms with Gasteiger partial charge in [0.2, 0.25) is 5.91 Å². The van der Waals surface area contributed by atoms with Crippen molar-refractivity contribution in [1.29, 1.82) is 0 Å². The summed E-state index contributed by atoms with van der Waals surface area (Å²) in [6.07, 6.45) is 1.56. The van der Waals surface area contributed by atoms with Crippen LogP contribution in [0.3, 0.4) is 0 Å². The minimum Gasteiger partial charge on any atom is -0.497 e. The van der Waals surface area contributed by atoms with E-state index in [1.54, 1.807) is 24.3 Å². The smallest absolute Gasteiger partial charge is 0.306 e. The molecule has 0 saturated heterocycles. The molecule has 0 aromatic heterocycles. The van der Waals surface area contributed by atoms with Crippen molar-refractivity contribution in [3.8, 4) is 5.75 Å². The van der Waals surface area contributed by atoms with Gasteiger partial charge in [-0.15, -0.1) is 0 Å². The third-order valence-corrected chi connectivity index (χ3v) is 3.37. The van der Waals surface area contributed by atoms with E-state index in [1.807, 2.05) is 6.92 Å². The molecule has 2 amide bonds. The molecule has 0 aliphatic heterocycles. The van der Waals surface area contributed by atoms with E-state index in [0.29, 0.717) is 17.7 Å². The van der Waals surface area contributed by atoms with Gasteiger partial charge >= 0.3 is 5.97 Å². The molecule has 0 radical (unpaired) electrons. The predicted octanol–water partition coefficient (Wildman–Crippen LogP) is 1.74. The third-order valence-electron chi connectivity index (χ3n) is 3.37. The Hall–Kier alpha value is -2.57. The number of amides is 2. The van der Waals surface area contributed by atoms with Crippen molar-refractivity contribution in [2.24, 2.45) is 5.92 Å². The summed E-state index contributed by atoms with van der Waals surface area (Å²) in [6, 6.07) is 6.42. The number of hydrogen-bond donors (Lipinski definition) is 3. The van der Waals surface area contributed by atoms with Gasteiger partial charge in [-0.2, -0.15) is 0 Å². The average molecular weight is 322 g/mol. The number of ether oxygens (including phenoxy) is 1. The second-order valence-corrected chi connectivity index (χ2v) is 5.09. The first-order valence-corrected chi connectivity index (χ1v) is 7.44. The van der Waals surface area contributed by atoms with Crippen LogP contribution in [0.5, 0.6) is 5.75 Å². The fourth-order valence-electron chi connectivity index (χ4n) is 2.05. The quantitative estimate of drug-likeness (QED) is 0.632. The minimum atomic E-state index is -0.901. The molecule has 0 heterocycles. The van der Waals surface area contributed by atoms with Gasteiger partial charge in [-0.1, -0.05) is 13.3 Å². The number of carbonyl (C=O) groups excluding carboxylic acids is 2. The van der Waals surface area contributed by atoms with Crippen molar-refractivity contribution >= 4 is 17.8 Å². The van der Waals surface area contributed by atoms with Crippen molar-refractivity contribution in [3.05, 3.63) is 29.8 Å². The summed E-state index contributed by atoms with van der Waals surface area (Å²) in [5.74, 6) is -1.69. The number of hydrazine groups is 1. The van der Waals surface area contributed by atoms with E-state index in [0.717, 1.165) is 6.42 Å². The SMILES string of the molecule is CCC[C@@H](CCC(=O)NNC(=O)c1ccc(OC)cc1)C(=O)O. The molecule has 7 heteroatoms. The highest BCUT2D eigenvalue weighted by atomic mass is 16.5. The van der Waals surface area contributed by atoms with Crippen LogP contribution >= 0.6 is 0 Å². The molecule has 1 aromatic rings. The number of carboxylic acid groups (broad SMARTS) is 1. The van der Waals surface area contributed by atoms with E-state index in [-0.39, 0.29) is 12.8 Å². The van der Waals surface area contributed by atoms with E-state index in [9.17, 15) is 14.4 Å². The zero-order valence-electron chi connectivity index (χ0n) is 13.3. The minimum absolute atomic E-state index is 0.0415. The predicted molar refractivity (Wildman–Crippen MR) is 83.9 cm³/mol. The highest BCUT2D eigenvalue weighted by Crippen LogP contribution is 2.13. The summed E-state index contributed by atoms with van der Waals surface area (Å²) in [6.45, 7) is 1.89. The molecule has 0 aliphatic rings. The Morgan fingerprint density at radius 3 is 2.30 bits per heavy atom. The van der Waals surface area contributed by atoms with Crippen LogP contribution in [0, 0.1) is 5.92 Å². The van der Waals surface area contributed by atoms with Gasteiger partial charge < -0.3 is 9.84 Å². The number of carboxylic acids is 1. The average Bonchev–Trinajstić information content (AvgIpc) is 2.56. The summed E-state index contributed by atoms with van der Waals surface area (Å²) in [7, 11) is 1.53. The van der Waals surface area contributed by atoms with Gasteiger partial charge in [-0.3, -0.25) is 25.2 Å². The second kappa shape index (κ2) is 9.45. The number of benzene rings is 1. The molecule has 7 nitrogen and oxygen atoms in total. The molecule has 3 N–H and O–H groups in total. The summed E-state index contributed by atoms with van der Waals surface area (Å²) in [5.41, 5.74) is 4.95. The first-order valence-electron chi connectivity index (χ1n) is 7.44. The Morgan fingerprint density at radius 2 is 1.78 bits per heavy atom. The van der Waals surface area contributed by atoms with Crippen molar-refractivity contribution in [2.75, 3.05) is 7.11 Å². The van der Waals surface area contributed by atoms with Crippen LogP contribution < -0.4 is 15.6 Å². The van der Waals surface area contributed by atoms with Gasteiger partial charge in [0.05, 0.1) is 13.0 Å². The van der Waals surface area contributed by atoms with Gasteiger partial charge in [-0.25, -0.2) is 0 Å². The largest absolute Gasteiger partial charge is 0.497 e. The molecule has 1 rings (SSSR count). The molecule has 126 valence electrons. The first kappa shape index (κ1) is 18.5. The zero-order valence-corrected chi connectivity index (χ0v) is 13.3. The van der Waals surface area contributed by atoms with E-state index < -0.39 is 23.7 Å². The monoisotopic (exact) mass is 322 g/mol. The molecule has 0 saturated carbocycles. The topological polar surface area (TPSA) is 105 Å². The number of rotatable bonds is 8. The third kappa shape index (κ3) is 6.37.